The molecule has 1 aromatic carbocycles. The lowest BCUT2D eigenvalue weighted by atomic mass is 9.99. The Morgan fingerprint density at radius 1 is 1.13 bits per heavy atom. The van der Waals surface area contributed by atoms with Gasteiger partial charge in [0.15, 0.2) is 0 Å². The standard InChI is InChI=1S/C27H35N5O7/c1-15(2)24(27(39)32-10-6-9-22(32)26(38)30-18(14-33)12-23(35)36)31-25(37)21(29-16(3)34)11-17-13-28-20-8-5-4-7-19(17)20/h4-5,7-8,13-15,18,21-22,24,28H,6,9-12H2,1-3H3,(H,29,34)(H,30,38)(H,31,37)(H,35,36)/t18-,21+,22?,24-/m0/s1. The number of nitrogens with zero attached hydrogens (tertiary/aromatic N) is 1. The van der Waals surface area contributed by atoms with E-state index in [0.717, 1.165) is 16.5 Å². The molecule has 1 unspecified atom stereocenters. The Bertz CT molecular complexity index is 1240. The molecule has 1 aliphatic heterocycles. The van der Waals surface area contributed by atoms with Crippen LogP contribution in [0.5, 0.6) is 0 Å². The fourth-order valence-electron chi connectivity index (χ4n) is 4.82. The van der Waals surface area contributed by atoms with Crippen molar-refractivity contribution in [2.75, 3.05) is 6.54 Å². The number of para-hydroxylation sites is 1. The lowest BCUT2D eigenvalue weighted by Crippen LogP contribution is -2.58. The summed E-state index contributed by atoms with van der Waals surface area (Å²) in [6.07, 6.45) is 2.62. The molecule has 2 aromatic rings. The molecule has 3 rings (SSSR count). The first-order valence-electron chi connectivity index (χ1n) is 12.9. The van der Waals surface area contributed by atoms with Crippen molar-refractivity contribution < 1.29 is 33.9 Å². The van der Waals surface area contributed by atoms with Gasteiger partial charge in [-0.2, -0.15) is 0 Å². The average Bonchev–Trinajstić information content (AvgIpc) is 3.53. The number of fused-ring (bicyclic) bond motifs is 1. The van der Waals surface area contributed by atoms with Crippen LogP contribution in [0.4, 0.5) is 0 Å². The summed E-state index contributed by atoms with van der Waals surface area (Å²) in [6, 6.07) is 3.54. The highest BCUT2D eigenvalue weighted by Crippen LogP contribution is 2.22. The molecule has 1 saturated heterocycles. The largest absolute Gasteiger partial charge is 0.481 e. The average molecular weight is 542 g/mol. The zero-order chi connectivity index (χ0) is 28.7. The van der Waals surface area contributed by atoms with Gasteiger partial charge in [0.05, 0.1) is 12.5 Å². The molecule has 4 amide bonds. The third kappa shape index (κ3) is 7.43. The van der Waals surface area contributed by atoms with Gasteiger partial charge in [0.2, 0.25) is 23.6 Å². The van der Waals surface area contributed by atoms with E-state index in [9.17, 15) is 28.8 Å². The number of benzene rings is 1. The Hall–Kier alpha value is -4.22. The number of H-pyrrole nitrogens is 1. The lowest BCUT2D eigenvalue weighted by Gasteiger charge is -2.31. The van der Waals surface area contributed by atoms with E-state index in [1.165, 1.54) is 11.8 Å². The summed E-state index contributed by atoms with van der Waals surface area (Å²) in [5, 5.41) is 17.7. The molecule has 1 aliphatic rings. The maximum atomic E-state index is 13.6. The van der Waals surface area contributed by atoms with Gasteiger partial charge in [0.25, 0.3) is 0 Å². The van der Waals surface area contributed by atoms with Crippen LogP contribution in [-0.4, -0.2) is 81.6 Å². The number of hydrogen-bond acceptors (Lipinski definition) is 6. The van der Waals surface area contributed by atoms with Crippen LogP contribution in [0.25, 0.3) is 10.9 Å². The van der Waals surface area contributed by atoms with Gasteiger partial charge in [-0.05, 0) is 30.4 Å². The molecule has 2 heterocycles. The first-order chi connectivity index (χ1) is 18.5. The van der Waals surface area contributed by atoms with E-state index in [4.69, 9.17) is 5.11 Å². The van der Waals surface area contributed by atoms with Crippen molar-refractivity contribution in [1.29, 1.82) is 0 Å². The van der Waals surface area contributed by atoms with Crippen LogP contribution in [0.15, 0.2) is 30.5 Å². The molecule has 12 heteroatoms. The molecular weight excluding hydrogens is 506 g/mol. The number of aliphatic carboxylic acids is 1. The highest BCUT2D eigenvalue weighted by Gasteiger charge is 2.40. The van der Waals surface area contributed by atoms with Crippen LogP contribution in [0.3, 0.4) is 0 Å². The Kier molecular flexibility index (Phi) is 9.80. The van der Waals surface area contributed by atoms with E-state index >= 15 is 0 Å². The molecule has 1 fully saturated rings. The minimum absolute atomic E-state index is 0.194. The number of hydrogen-bond donors (Lipinski definition) is 5. The molecule has 39 heavy (non-hydrogen) atoms. The van der Waals surface area contributed by atoms with E-state index in [2.05, 4.69) is 20.9 Å². The fraction of sp³-hybridized carbons (Fsp3) is 0.481. The van der Waals surface area contributed by atoms with Crippen molar-refractivity contribution in [2.24, 2.45) is 5.92 Å². The van der Waals surface area contributed by atoms with Gasteiger partial charge in [0.1, 0.15) is 24.4 Å². The van der Waals surface area contributed by atoms with Crippen LogP contribution >= 0.6 is 0 Å². The molecule has 12 nitrogen and oxygen atoms in total. The number of aromatic nitrogens is 1. The van der Waals surface area contributed by atoms with Gasteiger partial charge in [0, 0.05) is 37.0 Å². The van der Waals surface area contributed by atoms with Crippen molar-refractivity contribution in [1.82, 2.24) is 25.8 Å². The lowest BCUT2D eigenvalue weighted by molar-refractivity contribution is -0.143. The van der Waals surface area contributed by atoms with Crippen LogP contribution in [-0.2, 0) is 35.2 Å². The predicted octanol–water partition coefficient (Wildman–Crippen LogP) is 0.505. The maximum Gasteiger partial charge on any atom is 0.305 e. The third-order valence-electron chi connectivity index (χ3n) is 6.75. The Labute approximate surface area is 225 Å². The number of amides is 4. The zero-order valence-corrected chi connectivity index (χ0v) is 22.2. The van der Waals surface area contributed by atoms with Crippen molar-refractivity contribution >= 4 is 46.8 Å². The number of rotatable bonds is 12. The zero-order valence-electron chi connectivity index (χ0n) is 22.2. The topological polar surface area (TPSA) is 178 Å². The third-order valence-corrected chi connectivity index (χ3v) is 6.75. The summed E-state index contributed by atoms with van der Waals surface area (Å²) < 4.78 is 0. The molecule has 4 atom stereocenters. The van der Waals surface area contributed by atoms with Crippen molar-refractivity contribution in [3.05, 3.63) is 36.0 Å². The maximum absolute atomic E-state index is 13.6. The number of likely N-dealkylation sites (tertiary alicyclic amines) is 1. The van der Waals surface area contributed by atoms with Gasteiger partial charge in [-0.3, -0.25) is 24.0 Å². The van der Waals surface area contributed by atoms with E-state index in [1.807, 2.05) is 24.3 Å². The highest BCUT2D eigenvalue weighted by molar-refractivity contribution is 5.95. The van der Waals surface area contributed by atoms with Gasteiger partial charge >= 0.3 is 5.97 Å². The summed E-state index contributed by atoms with van der Waals surface area (Å²) in [5.41, 5.74) is 1.72. The molecule has 0 radical (unpaired) electrons. The fourth-order valence-corrected chi connectivity index (χ4v) is 4.82. The number of carbonyl (C=O) groups excluding carboxylic acids is 5. The minimum Gasteiger partial charge on any atom is -0.481 e. The number of carboxylic acids is 1. The molecule has 5 N–H and O–H groups in total. The molecule has 210 valence electrons. The number of carbonyl (C=O) groups is 6. The molecular formula is C27H35N5O7. The normalized spacial score (nSPS) is 17.3. The quantitative estimate of drug-likeness (QED) is 0.243. The smallest absolute Gasteiger partial charge is 0.305 e. The highest BCUT2D eigenvalue weighted by atomic mass is 16.4. The second-order valence-corrected chi connectivity index (χ2v) is 10.1. The van der Waals surface area contributed by atoms with Crippen LogP contribution in [0.2, 0.25) is 0 Å². The summed E-state index contributed by atoms with van der Waals surface area (Å²) in [4.78, 5) is 78.4. The molecule has 0 saturated carbocycles. The second-order valence-electron chi connectivity index (χ2n) is 10.1. The first-order valence-corrected chi connectivity index (χ1v) is 12.9. The number of aromatic amines is 1. The van der Waals surface area contributed by atoms with Gasteiger partial charge in [-0.1, -0.05) is 32.0 Å². The van der Waals surface area contributed by atoms with Gasteiger partial charge in [-0.25, -0.2) is 0 Å². The van der Waals surface area contributed by atoms with E-state index in [1.54, 1.807) is 20.0 Å². The first kappa shape index (κ1) is 29.3. The second kappa shape index (κ2) is 13.0. The molecule has 1 aromatic heterocycles. The monoisotopic (exact) mass is 541 g/mol. The van der Waals surface area contributed by atoms with Gasteiger partial charge in [-0.15, -0.1) is 0 Å². The minimum atomic E-state index is -1.24. The summed E-state index contributed by atoms with van der Waals surface area (Å²) >= 11 is 0. The van der Waals surface area contributed by atoms with Crippen LogP contribution < -0.4 is 16.0 Å². The van der Waals surface area contributed by atoms with E-state index < -0.39 is 60.2 Å². The van der Waals surface area contributed by atoms with Crippen LogP contribution in [0, 0.1) is 5.92 Å². The summed E-state index contributed by atoms with van der Waals surface area (Å²) in [7, 11) is 0. The predicted molar refractivity (Wildman–Crippen MR) is 141 cm³/mol. The van der Waals surface area contributed by atoms with E-state index in [-0.39, 0.29) is 18.9 Å². The molecule has 0 aliphatic carbocycles. The Morgan fingerprint density at radius 3 is 2.49 bits per heavy atom. The number of nitrogens with one attached hydrogen (secondary N) is 4. The van der Waals surface area contributed by atoms with Crippen LogP contribution in [0.1, 0.15) is 45.6 Å². The SMILES string of the molecule is CC(=O)N[C@H](Cc1c[nH]c2ccccc12)C(=O)N[C@H](C(=O)N1CCCC1C(=O)N[C@H](C=O)CC(=O)O)C(C)C. The number of aldehydes is 1. The Balaban J connectivity index is 1.75. The van der Waals surface area contributed by atoms with Crippen molar-refractivity contribution in [3.8, 4) is 0 Å². The van der Waals surface area contributed by atoms with Gasteiger partial charge < -0.3 is 35.7 Å². The summed E-state index contributed by atoms with van der Waals surface area (Å²) in [5.74, 6) is -3.61. The molecule has 0 spiro atoms. The van der Waals surface area contributed by atoms with E-state index in [0.29, 0.717) is 19.1 Å². The number of carboxylic acid groups (broad SMARTS) is 1. The van der Waals surface area contributed by atoms with Crippen molar-refractivity contribution in [3.63, 3.8) is 0 Å². The molecule has 0 bridgehead atoms. The van der Waals surface area contributed by atoms with Crippen molar-refractivity contribution in [2.45, 2.75) is 70.6 Å². The Morgan fingerprint density at radius 2 is 1.85 bits per heavy atom. The summed E-state index contributed by atoms with van der Waals surface area (Å²) in [6.45, 7) is 5.10.